The number of ketones is 1. The van der Waals surface area contributed by atoms with Gasteiger partial charge in [-0.1, -0.05) is 49.6 Å². The largest absolute Gasteiger partial charge is 0.306 e. The van der Waals surface area contributed by atoms with Crippen LogP contribution in [0, 0.1) is 11.8 Å². The molecule has 1 heterocycles. The summed E-state index contributed by atoms with van der Waals surface area (Å²) in [6.07, 6.45) is 4.59. The predicted molar refractivity (Wildman–Crippen MR) is 77.2 cm³/mol. The van der Waals surface area contributed by atoms with Crippen molar-refractivity contribution < 1.29 is 4.79 Å². The molecule has 1 aromatic carbocycles. The van der Waals surface area contributed by atoms with Gasteiger partial charge in [0.05, 0.1) is 0 Å². The van der Waals surface area contributed by atoms with Gasteiger partial charge in [-0.3, -0.25) is 4.79 Å². The number of halogens is 1. The lowest BCUT2D eigenvalue weighted by atomic mass is 9.71. The summed E-state index contributed by atoms with van der Waals surface area (Å²) in [4.78, 5) is 12.6. The summed E-state index contributed by atoms with van der Waals surface area (Å²) in [7, 11) is 0. The molecule has 3 heteroatoms. The molecular weight excluding hydrogens is 258 g/mol. The lowest BCUT2D eigenvalue weighted by molar-refractivity contribution is -0.132. The molecule has 1 saturated heterocycles. The Labute approximate surface area is 119 Å². The van der Waals surface area contributed by atoms with Crippen LogP contribution in [-0.4, -0.2) is 11.8 Å². The molecule has 0 amide bonds. The Kier molecular flexibility index (Phi) is 3.64. The molecule has 2 nitrogen and oxygen atoms in total. The van der Waals surface area contributed by atoms with Crippen LogP contribution in [0.25, 0.3) is 0 Å². The van der Waals surface area contributed by atoms with Gasteiger partial charge in [-0.15, -0.1) is 0 Å². The van der Waals surface area contributed by atoms with Gasteiger partial charge in [0, 0.05) is 28.9 Å². The fraction of sp³-hybridized carbons (Fsp3) is 0.562. The van der Waals surface area contributed by atoms with Crippen molar-refractivity contribution in [3.05, 3.63) is 34.9 Å². The molecule has 4 atom stereocenters. The molecule has 0 spiro atoms. The van der Waals surface area contributed by atoms with Gasteiger partial charge in [0.1, 0.15) is 5.78 Å². The number of carbonyl (C=O) groups excluding carboxylic acids is 1. The smallest absolute Gasteiger partial charge is 0.142 e. The van der Waals surface area contributed by atoms with E-state index in [1.54, 1.807) is 0 Å². The lowest BCUT2D eigenvalue weighted by Gasteiger charge is -2.43. The minimum atomic E-state index is 0.0132. The predicted octanol–water partition coefficient (Wildman–Crippen LogP) is 3.75. The Morgan fingerprint density at radius 3 is 2.74 bits per heavy atom. The van der Waals surface area contributed by atoms with Crippen LogP contribution in [0.2, 0.25) is 5.02 Å². The maximum Gasteiger partial charge on any atom is 0.142 e. The van der Waals surface area contributed by atoms with E-state index >= 15 is 0 Å². The second kappa shape index (κ2) is 5.26. The summed E-state index contributed by atoms with van der Waals surface area (Å²) >= 11 is 6.29. The molecule has 1 aliphatic heterocycles. The van der Waals surface area contributed by atoms with E-state index in [4.69, 9.17) is 11.6 Å². The van der Waals surface area contributed by atoms with Crippen LogP contribution in [0.3, 0.4) is 0 Å². The molecule has 4 unspecified atom stereocenters. The molecule has 0 bridgehead atoms. The number of piperidine rings is 1. The molecule has 2 aliphatic rings. The summed E-state index contributed by atoms with van der Waals surface area (Å²) < 4.78 is 0. The SMILES string of the molecule is CC1C(=O)C2CCCCC2NC1c1ccccc1Cl. The lowest BCUT2D eigenvalue weighted by Crippen LogP contribution is -2.53. The minimum absolute atomic E-state index is 0.0132. The van der Waals surface area contributed by atoms with Gasteiger partial charge in [0.2, 0.25) is 0 Å². The summed E-state index contributed by atoms with van der Waals surface area (Å²) in [5.41, 5.74) is 1.06. The van der Waals surface area contributed by atoms with Crippen LogP contribution < -0.4 is 5.32 Å². The Morgan fingerprint density at radius 1 is 1.21 bits per heavy atom. The van der Waals surface area contributed by atoms with E-state index in [-0.39, 0.29) is 17.9 Å². The van der Waals surface area contributed by atoms with Gasteiger partial charge in [0.25, 0.3) is 0 Å². The van der Waals surface area contributed by atoms with Gasteiger partial charge in [-0.25, -0.2) is 0 Å². The quantitative estimate of drug-likeness (QED) is 0.847. The van der Waals surface area contributed by atoms with Crippen molar-refractivity contribution in [2.45, 2.75) is 44.7 Å². The second-order valence-electron chi connectivity index (χ2n) is 5.85. The van der Waals surface area contributed by atoms with Crippen molar-refractivity contribution in [2.24, 2.45) is 11.8 Å². The van der Waals surface area contributed by atoms with E-state index in [2.05, 4.69) is 5.32 Å². The fourth-order valence-corrected chi connectivity index (χ4v) is 3.89. The summed E-state index contributed by atoms with van der Waals surface area (Å²) in [5.74, 6) is 0.662. The Balaban J connectivity index is 1.90. The van der Waals surface area contributed by atoms with E-state index in [0.29, 0.717) is 11.8 Å². The van der Waals surface area contributed by atoms with E-state index in [1.807, 2.05) is 31.2 Å². The molecule has 2 fully saturated rings. The van der Waals surface area contributed by atoms with Crippen molar-refractivity contribution in [3.63, 3.8) is 0 Å². The zero-order valence-electron chi connectivity index (χ0n) is 11.2. The molecule has 0 radical (unpaired) electrons. The Morgan fingerprint density at radius 2 is 1.95 bits per heavy atom. The van der Waals surface area contributed by atoms with E-state index < -0.39 is 0 Å². The van der Waals surface area contributed by atoms with Crippen molar-refractivity contribution in [2.75, 3.05) is 0 Å². The number of fused-ring (bicyclic) bond motifs is 1. The highest BCUT2D eigenvalue weighted by molar-refractivity contribution is 6.31. The Hall–Kier alpha value is -0.860. The number of benzene rings is 1. The number of hydrogen-bond donors (Lipinski definition) is 1. The summed E-state index contributed by atoms with van der Waals surface area (Å²) in [6.45, 7) is 2.04. The standard InChI is InChI=1S/C16H20ClNO/c1-10-15(11-6-2-4-8-13(11)17)18-14-9-5-3-7-12(14)16(10)19/h2,4,6,8,10,12,14-15,18H,3,5,7,9H2,1H3. The van der Waals surface area contributed by atoms with Gasteiger partial charge in [-0.05, 0) is 24.5 Å². The molecule has 1 aliphatic carbocycles. The molecule has 19 heavy (non-hydrogen) atoms. The molecular formula is C16H20ClNO. The van der Waals surface area contributed by atoms with Crippen molar-refractivity contribution >= 4 is 17.4 Å². The average molecular weight is 278 g/mol. The maximum atomic E-state index is 12.6. The first-order valence-electron chi connectivity index (χ1n) is 7.22. The summed E-state index contributed by atoms with van der Waals surface area (Å²) in [6, 6.07) is 8.28. The second-order valence-corrected chi connectivity index (χ2v) is 6.26. The van der Waals surface area contributed by atoms with Crippen LogP contribution in [-0.2, 0) is 4.79 Å². The van der Waals surface area contributed by atoms with Crippen LogP contribution in [0.5, 0.6) is 0 Å². The van der Waals surface area contributed by atoms with Crippen LogP contribution in [0.15, 0.2) is 24.3 Å². The maximum absolute atomic E-state index is 12.6. The van der Waals surface area contributed by atoms with E-state index in [1.165, 1.54) is 12.8 Å². The first-order chi connectivity index (χ1) is 9.18. The molecule has 0 aromatic heterocycles. The van der Waals surface area contributed by atoms with Crippen molar-refractivity contribution in [3.8, 4) is 0 Å². The molecule has 3 rings (SSSR count). The van der Waals surface area contributed by atoms with Crippen LogP contribution in [0.4, 0.5) is 0 Å². The Bertz CT molecular complexity index is 487. The number of carbonyl (C=O) groups is 1. The van der Waals surface area contributed by atoms with Crippen LogP contribution in [0.1, 0.15) is 44.2 Å². The van der Waals surface area contributed by atoms with E-state index in [0.717, 1.165) is 23.4 Å². The highest BCUT2D eigenvalue weighted by atomic mass is 35.5. The normalized spacial score (nSPS) is 34.9. The van der Waals surface area contributed by atoms with Crippen LogP contribution >= 0.6 is 11.6 Å². The van der Waals surface area contributed by atoms with Gasteiger partial charge in [-0.2, -0.15) is 0 Å². The molecule has 1 saturated carbocycles. The first kappa shape index (κ1) is 13.1. The minimum Gasteiger partial charge on any atom is -0.306 e. The summed E-state index contributed by atoms with van der Waals surface area (Å²) in [5, 5.41) is 4.45. The van der Waals surface area contributed by atoms with E-state index in [9.17, 15) is 4.79 Å². The third kappa shape index (κ3) is 2.32. The molecule has 102 valence electrons. The van der Waals surface area contributed by atoms with Crippen molar-refractivity contribution in [1.29, 1.82) is 0 Å². The third-order valence-corrected chi connectivity index (χ3v) is 5.06. The first-order valence-corrected chi connectivity index (χ1v) is 7.60. The number of Topliss-reactive ketones (excluding diaryl/α,β-unsaturated/α-hetero) is 1. The number of rotatable bonds is 1. The van der Waals surface area contributed by atoms with Gasteiger partial charge >= 0.3 is 0 Å². The van der Waals surface area contributed by atoms with Gasteiger partial charge in [0.15, 0.2) is 0 Å². The third-order valence-electron chi connectivity index (χ3n) is 4.71. The zero-order valence-corrected chi connectivity index (χ0v) is 12.0. The highest BCUT2D eigenvalue weighted by Crippen LogP contribution is 2.39. The number of hydrogen-bond acceptors (Lipinski definition) is 2. The highest BCUT2D eigenvalue weighted by Gasteiger charge is 2.42. The van der Waals surface area contributed by atoms with Crippen molar-refractivity contribution in [1.82, 2.24) is 5.32 Å². The average Bonchev–Trinajstić information content (AvgIpc) is 2.44. The van der Waals surface area contributed by atoms with Gasteiger partial charge < -0.3 is 5.32 Å². The fourth-order valence-electron chi connectivity index (χ4n) is 3.63. The topological polar surface area (TPSA) is 29.1 Å². The zero-order chi connectivity index (χ0) is 13.4. The molecule has 1 N–H and O–H groups in total. The number of nitrogens with one attached hydrogen (secondary N) is 1. The molecule has 1 aromatic rings. The monoisotopic (exact) mass is 277 g/mol.